The van der Waals surface area contributed by atoms with Crippen molar-refractivity contribution < 1.29 is 19.1 Å². The predicted molar refractivity (Wildman–Crippen MR) is 116 cm³/mol. The fourth-order valence-corrected chi connectivity index (χ4v) is 3.65. The topological polar surface area (TPSA) is 52.6 Å². The quantitative estimate of drug-likeness (QED) is 0.199. The van der Waals surface area contributed by atoms with Crippen molar-refractivity contribution in [3.8, 4) is 0 Å². The number of ether oxygens (including phenoxy) is 2. The number of rotatable bonds is 17. The summed E-state index contributed by atoms with van der Waals surface area (Å²) in [6.45, 7) is 13.3. The van der Waals surface area contributed by atoms with Crippen LogP contribution in [0.1, 0.15) is 119 Å². The number of carbonyl (C=O) groups excluding carboxylic acids is 2. The third kappa shape index (κ3) is 15.9. The van der Waals surface area contributed by atoms with E-state index in [1.54, 1.807) is 0 Å². The van der Waals surface area contributed by atoms with Crippen molar-refractivity contribution in [2.24, 2.45) is 10.8 Å². The highest BCUT2D eigenvalue weighted by atomic mass is 16.5. The van der Waals surface area contributed by atoms with E-state index in [0.29, 0.717) is 26.1 Å². The minimum atomic E-state index is -0.0714. The van der Waals surface area contributed by atoms with Crippen LogP contribution < -0.4 is 0 Å². The Kier molecular flexibility index (Phi) is 14.3. The van der Waals surface area contributed by atoms with Crippen LogP contribution in [0.15, 0.2) is 0 Å². The zero-order chi connectivity index (χ0) is 21.5. The van der Waals surface area contributed by atoms with Crippen LogP contribution in [0, 0.1) is 10.8 Å². The van der Waals surface area contributed by atoms with E-state index in [-0.39, 0.29) is 22.8 Å². The predicted octanol–water partition coefficient (Wildman–Crippen LogP) is 6.85. The molecule has 28 heavy (non-hydrogen) atoms. The molecule has 0 aliphatic carbocycles. The van der Waals surface area contributed by atoms with E-state index in [2.05, 4.69) is 27.7 Å². The zero-order valence-electron chi connectivity index (χ0n) is 19.5. The maximum absolute atomic E-state index is 11.6. The maximum atomic E-state index is 11.6. The molecule has 0 atom stereocenters. The largest absolute Gasteiger partial charge is 0.466 e. The van der Waals surface area contributed by atoms with Gasteiger partial charge in [-0.3, -0.25) is 9.59 Å². The van der Waals surface area contributed by atoms with E-state index in [1.807, 2.05) is 13.8 Å². The first kappa shape index (κ1) is 26.9. The van der Waals surface area contributed by atoms with Gasteiger partial charge in [0.2, 0.25) is 0 Å². The summed E-state index contributed by atoms with van der Waals surface area (Å²) >= 11 is 0. The molecule has 4 nitrogen and oxygen atoms in total. The van der Waals surface area contributed by atoms with Crippen molar-refractivity contribution in [2.75, 3.05) is 13.2 Å². The van der Waals surface area contributed by atoms with Gasteiger partial charge in [-0.25, -0.2) is 0 Å². The average molecular weight is 399 g/mol. The first-order valence-electron chi connectivity index (χ1n) is 11.4. The van der Waals surface area contributed by atoms with Crippen LogP contribution in [0.4, 0.5) is 0 Å². The Morgan fingerprint density at radius 3 is 1.14 bits per heavy atom. The fraction of sp³-hybridized carbons (Fsp3) is 0.917. The first-order valence-corrected chi connectivity index (χ1v) is 11.4. The van der Waals surface area contributed by atoms with Crippen molar-refractivity contribution in [1.29, 1.82) is 0 Å². The average Bonchev–Trinajstić information content (AvgIpc) is 2.55. The molecule has 0 unspecified atom stereocenters. The van der Waals surface area contributed by atoms with Gasteiger partial charge < -0.3 is 9.47 Å². The minimum Gasteiger partial charge on any atom is -0.466 e. The monoisotopic (exact) mass is 398 g/mol. The van der Waals surface area contributed by atoms with Crippen LogP contribution in [0.5, 0.6) is 0 Å². The molecule has 0 N–H and O–H groups in total. The molecule has 0 aliphatic heterocycles. The Hall–Kier alpha value is -1.06. The number of hydrogen-bond acceptors (Lipinski definition) is 4. The molecule has 0 amide bonds. The van der Waals surface area contributed by atoms with Gasteiger partial charge in [0.1, 0.15) is 0 Å². The second-order valence-corrected chi connectivity index (χ2v) is 9.62. The van der Waals surface area contributed by atoms with Gasteiger partial charge >= 0.3 is 11.9 Å². The third-order valence-electron chi connectivity index (χ3n) is 5.31. The molecule has 166 valence electrons. The fourth-order valence-electron chi connectivity index (χ4n) is 3.65. The molecule has 0 radical (unpaired) electrons. The molecule has 0 saturated carbocycles. The van der Waals surface area contributed by atoms with Gasteiger partial charge in [-0.2, -0.15) is 0 Å². The summed E-state index contributed by atoms with van der Waals surface area (Å²) in [7, 11) is 0. The molecular weight excluding hydrogens is 352 g/mol. The highest BCUT2D eigenvalue weighted by molar-refractivity contribution is 5.70. The van der Waals surface area contributed by atoms with Crippen LogP contribution in [0.2, 0.25) is 0 Å². The zero-order valence-corrected chi connectivity index (χ0v) is 19.5. The van der Waals surface area contributed by atoms with Crippen LogP contribution >= 0.6 is 0 Å². The van der Waals surface area contributed by atoms with E-state index in [9.17, 15) is 9.59 Å². The van der Waals surface area contributed by atoms with E-state index in [0.717, 1.165) is 12.8 Å². The first-order chi connectivity index (χ1) is 13.1. The SMILES string of the molecule is CCOC(=O)CC(C)(C)CCCCCCCCCCC(C)(C)CC(=O)OCC. The van der Waals surface area contributed by atoms with Crippen LogP contribution in [-0.2, 0) is 19.1 Å². The number of unbranched alkanes of at least 4 members (excludes halogenated alkanes) is 7. The molecule has 0 heterocycles. The molecule has 0 aromatic heterocycles. The van der Waals surface area contributed by atoms with E-state index in [1.165, 1.54) is 51.4 Å². The van der Waals surface area contributed by atoms with Crippen molar-refractivity contribution in [2.45, 2.75) is 119 Å². The Morgan fingerprint density at radius 1 is 0.571 bits per heavy atom. The maximum Gasteiger partial charge on any atom is 0.306 e. The molecule has 4 heteroatoms. The van der Waals surface area contributed by atoms with Crippen molar-refractivity contribution in [3.05, 3.63) is 0 Å². The summed E-state index contributed by atoms with van der Waals surface area (Å²) in [5, 5.41) is 0. The molecule has 0 aromatic rings. The van der Waals surface area contributed by atoms with Gasteiger partial charge in [-0.05, 0) is 37.5 Å². The molecule has 0 rings (SSSR count). The summed E-state index contributed by atoms with van der Waals surface area (Å²) in [5.41, 5.74) is 0.0885. The summed E-state index contributed by atoms with van der Waals surface area (Å²) in [5.74, 6) is -0.143. The minimum absolute atomic E-state index is 0.0443. The number of hydrogen-bond donors (Lipinski definition) is 0. The Morgan fingerprint density at radius 2 is 0.857 bits per heavy atom. The smallest absolute Gasteiger partial charge is 0.306 e. The lowest BCUT2D eigenvalue weighted by Crippen LogP contribution is -2.19. The number of esters is 2. The molecule has 0 bridgehead atoms. The lowest BCUT2D eigenvalue weighted by molar-refractivity contribution is -0.146. The van der Waals surface area contributed by atoms with Gasteiger partial charge in [-0.15, -0.1) is 0 Å². The molecule has 0 saturated heterocycles. The molecule has 0 aromatic carbocycles. The van der Waals surface area contributed by atoms with Crippen molar-refractivity contribution in [3.63, 3.8) is 0 Å². The Labute approximate surface area is 174 Å². The van der Waals surface area contributed by atoms with Gasteiger partial charge in [0.15, 0.2) is 0 Å². The molecule has 0 aliphatic rings. The lowest BCUT2D eigenvalue weighted by atomic mass is 9.83. The third-order valence-corrected chi connectivity index (χ3v) is 5.31. The van der Waals surface area contributed by atoms with Gasteiger partial charge in [0.25, 0.3) is 0 Å². The van der Waals surface area contributed by atoms with Gasteiger partial charge in [0.05, 0.1) is 26.1 Å². The van der Waals surface area contributed by atoms with E-state index >= 15 is 0 Å². The van der Waals surface area contributed by atoms with Crippen LogP contribution in [-0.4, -0.2) is 25.2 Å². The van der Waals surface area contributed by atoms with Crippen molar-refractivity contribution >= 4 is 11.9 Å². The molecule has 0 fully saturated rings. The van der Waals surface area contributed by atoms with Crippen molar-refractivity contribution in [1.82, 2.24) is 0 Å². The van der Waals surface area contributed by atoms with Gasteiger partial charge in [0, 0.05) is 0 Å². The normalized spacial score (nSPS) is 12.1. The highest BCUT2D eigenvalue weighted by Gasteiger charge is 2.23. The summed E-state index contributed by atoms with van der Waals surface area (Å²) in [6, 6.07) is 0. The standard InChI is InChI=1S/C24H46O4/c1-7-27-21(25)19-23(3,4)17-15-13-11-9-10-12-14-16-18-24(5,6)20-22(26)28-8-2/h7-20H2,1-6H3. The Balaban J connectivity index is 3.62. The van der Waals surface area contributed by atoms with Crippen LogP contribution in [0.25, 0.3) is 0 Å². The highest BCUT2D eigenvalue weighted by Crippen LogP contribution is 2.29. The van der Waals surface area contributed by atoms with E-state index in [4.69, 9.17) is 9.47 Å². The summed E-state index contributed by atoms with van der Waals surface area (Å²) in [4.78, 5) is 23.2. The molecular formula is C24H46O4. The number of carbonyl (C=O) groups is 2. The molecule has 0 spiro atoms. The second-order valence-electron chi connectivity index (χ2n) is 9.62. The van der Waals surface area contributed by atoms with Gasteiger partial charge in [-0.1, -0.05) is 79.1 Å². The second kappa shape index (κ2) is 14.9. The van der Waals surface area contributed by atoms with E-state index < -0.39 is 0 Å². The Bertz CT molecular complexity index is 386. The van der Waals surface area contributed by atoms with Crippen LogP contribution in [0.3, 0.4) is 0 Å². The summed E-state index contributed by atoms with van der Waals surface area (Å²) in [6.07, 6.45) is 13.2. The summed E-state index contributed by atoms with van der Waals surface area (Å²) < 4.78 is 10.1. The lowest BCUT2D eigenvalue weighted by Gasteiger charge is -2.23.